The van der Waals surface area contributed by atoms with Crippen molar-refractivity contribution in [1.82, 2.24) is 20.2 Å². The molecule has 2 aromatic rings. The molecule has 2 rings (SSSR count). The van der Waals surface area contributed by atoms with E-state index in [2.05, 4.69) is 10.3 Å². The molecule has 0 radical (unpaired) electrons. The Labute approximate surface area is 86.3 Å². The normalized spacial score (nSPS) is 12.6. The third-order valence-electron chi connectivity index (χ3n) is 2.36. The lowest BCUT2D eigenvalue weighted by atomic mass is 10.2. The maximum atomic E-state index is 9.11. The fraction of sp³-hybridized carbons (Fsp3) is 0.333. The summed E-state index contributed by atoms with van der Waals surface area (Å²) in [6.07, 6.45) is 0. The van der Waals surface area contributed by atoms with E-state index in [1.807, 2.05) is 24.3 Å². The maximum absolute atomic E-state index is 9.11. The molecule has 0 aliphatic rings. The largest absolute Gasteiger partial charge is 0.288 e. The molecule has 0 aliphatic carbocycles. The number of aromatic nitrogens is 3. The summed E-state index contributed by atoms with van der Waals surface area (Å²) in [5.74, 6) is 0. The minimum Gasteiger partial charge on any atom is -0.288 e. The van der Waals surface area contributed by atoms with Crippen molar-refractivity contribution in [2.75, 3.05) is 0 Å². The molecule has 1 heterocycles. The van der Waals surface area contributed by atoms with Crippen molar-refractivity contribution in [1.29, 1.82) is 0 Å². The lowest BCUT2D eigenvalue weighted by Gasteiger charge is -2.28. The quantitative estimate of drug-likeness (QED) is 0.725. The number of rotatable bonds is 2. The number of hydrogen-bond acceptors (Lipinski definition) is 5. The highest BCUT2D eigenvalue weighted by Gasteiger charge is 2.29. The molecule has 80 valence electrons. The summed E-state index contributed by atoms with van der Waals surface area (Å²) in [5, 5.41) is 26.2. The van der Waals surface area contributed by atoms with Crippen LogP contribution in [0.3, 0.4) is 0 Å². The van der Waals surface area contributed by atoms with Crippen molar-refractivity contribution < 1.29 is 10.4 Å². The van der Waals surface area contributed by atoms with Crippen molar-refractivity contribution in [3.63, 3.8) is 0 Å². The van der Waals surface area contributed by atoms with E-state index in [0.29, 0.717) is 5.52 Å². The van der Waals surface area contributed by atoms with E-state index in [0.717, 1.165) is 5.52 Å². The number of benzene rings is 1. The maximum Gasteiger partial charge on any atom is 0.161 e. The molecule has 0 saturated heterocycles. The second-order valence-corrected chi connectivity index (χ2v) is 3.77. The Morgan fingerprint density at radius 3 is 2.60 bits per heavy atom. The monoisotopic (exact) mass is 208 g/mol. The molecule has 0 unspecified atom stereocenters. The van der Waals surface area contributed by atoms with E-state index in [4.69, 9.17) is 10.4 Å². The highest BCUT2D eigenvalue weighted by molar-refractivity contribution is 5.74. The first-order chi connectivity index (χ1) is 7.03. The molecule has 15 heavy (non-hydrogen) atoms. The summed E-state index contributed by atoms with van der Waals surface area (Å²) in [4.78, 5) is 0. The predicted molar refractivity (Wildman–Crippen MR) is 52.3 cm³/mol. The highest BCUT2D eigenvalue weighted by Crippen LogP contribution is 2.21. The Morgan fingerprint density at radius 2 is 1.93 bits per heavy atom. The molecule has 1 aromatic heterocycles. The van der Waals surface area contributed by atoms with Gasteiger partial charge in [-0.3, -0.25) is 10.4 Å². The van der Waals surface area contributed by atoms with Crippen molar-refractivity contribution in [2.24, 2.45) is 0 Å². The van der Waals surface area contributed by atoms with Crippen LogP contribution >= 0.6 is 0 Å². The second kappa shape index (κ2) is 3.27. The summed E-state index contributed by atoms with van der Waals surface area (Å²) < 4.78 is 1.45. The molecule has 0 aliphatic heterocycles. The molecular formula is C9H12N4O2. The Kier molecular flexibility index (Phi) is 2.18. The van der Waals surface area contributed by atoms with E-state index in [1.54, 1.807) is 13.8 Å². The van der Waals surface area contributed by atoms with Gasteiger partial charge in [0.25, 0.3) is 0 Å². The van der Waals surface area contributed by atoms with Gasteiger partial charge in [0.1, 0.15) is 5.52 Å². The minimum absolute atomic E-state index is 0.119. The van der Waals surface area contributed by atoms with Gasteiger partial charge in [0.15, 0.2) is 5.66 Å². The lowest BCUT2D eigenvalue weighted by Crippen LogP contribution is -2.42. The summed E-state index contributed by atoms with van der Waals surface area (Å²) in [6, 6.07) is 7.33. The van der Waals surface area contributed by atoms with E-state index >= 15 is 0 Å². The number of hydroxylamine groups is 2. The van der Waals surface area contributed by atoms with Gasteiger partial charge in [-0.2, -0.15) is 0 Å². The molecule has 0 amide bonds. The van der Waals surface area contributed by atoms with E-state index in [9.17, 15) is 0 Å². The first-order valence-electron chi connectivity index (χ1n) is 4.52. The summed E-state index contributed by atoms with van der Waals surface area (Å²) in [6.45, 7) is 3.24. The van der Waals surface area contributed by atoms with Gasteiger partial charge in [-0.25, -0.2) is 4.68 Å². The van der Waals surface area contributed by atoms with Crippen LogP contribution in [0.25, 0.3) is 11.0 Å². The van der Waals surface area contributed by atoms with E-state index < -0.39 is 5.66 Å². The summed E-state index contributed by atoms with van der Waals surface area (Å²) >= 11 is 0. The van der Waals surface area contributed by atoms with Crippen LogP contribution in [0.5, 0.6) is 0 Å². The number of nitrogens with zero attached hydrogens (tertiary/aromatic N) is 4. The van der Waals surface area contributed by atoms with Crippen LogP contribution in [0.1, 0.15) is 13.8 Å². The predicted octanol–water partition coefficient (Wildman–Crippen LogP) is 1.20. The number of fused-ring (bicyclic) bond motifs is 1. The van der Waals surface area contributed by atoms with Crippen LogP contribution in [-0.4, -0.2) is 30.6 Å². The summed E-state index contributed by atoms with van der Waals surface area (Å²) in [7, 11) is 0. The standard InChI is InChI=1S/C9H12N4O2/c1-9(2,13(14)15)12-8-6-4-3-5-7(8)10-11-12/h3-6,14-15H,1-2H3. The first kappa shape index (κ1) is 10.0. The van der Waals surface area contributed by atoms with Crippen LogP contribution in [0.15, 0.2) is 24.3 Å². The Morgan fingerprint density at radius 1 is 1.27 bits per heavy atom. The van der Waals surface area contributed by atoms with Gasteiger partial charge in [-0.1, -0.05) is 17.3 Å². The number of para-hydroxylation sites is 1. The summed E-state index contributed by atoms with van der Waals surface area (Å²) in [5.41, 5.74) is 0.402. The average Bonchev–Trinajstić information content (AvgIpc) is 2.61. The van der Waals surface area contributed by atoms with Gasteiger partial charge in [0.05, 0.1) is 5.52 Å². The van der Waals surface area contributed by atoms with Crippen LogP contribution < -0.4 is 0 Å². The molecule has 0 spiro atoms. The first-order valence-corrected chi connectivity index (χ1v) is 4.52. The van der Waals surface area contributed by atoms with Crippen LogP contribution in [0.4, 0.5) is 0 Å². The molecule has 2 N–H and O–H groups in total. The van der Waals surface area contributed by atoms with Crippen molar-refractivity contribution in [3.05, 3.63) is 24.3 Å². The molecule has 6 heteroatoms. The molecule has 6 nitrogen and oxygen atoms in total. The SMILES string of the molecule is CC(C)(N(O)O)n1nnc2ccccc21. The third-order valence-corrected chi connectivity index (χ3v) is 2.36. The topological polar surface area (TPSA) is 74.4 Å². The van der Waals surface area contributed by atoms with Crippen molar-refractivity contribution in [2.45, 2.75) is 19.5 Å². The zero-order valence-electron chi connectivity index (χ0n) is 8.49. The Balaban J connectivity index is 2.62. The van der Waals surface area contributed by atoms with Gasteiger partial charge in [0, 0.05) is 0 Å². The zero-order chi connectivity index (χ0) is 11.1. The average molecular weight is 208 g/mol. The van der Waals surface area contributed by atoms with Crippen LogP contribution in [-0.2, 0) is 5.66 Å². The molecule has 1 aromatic carbocycles. The van der Waals surface area contributed by atoms with Crippen molar-refractivity contribution >= 4 is 11.0 Å². The third kappa shape index (κ3) is 1.48. The van der Waals surface area contributed by atoms with Crippen LogP contribution in [0.2, 0.25) is 0 Å². The van der Waals surface area contributed by atoms with Gasteiger partial charge < -0.3 is 0 Å². The highest BCUT2D eigenvalue weighted by atomic mass is 16.8. The molecular weight excluding hydrogens is 196 g/mol. The lowest BCUT2D eigenvalue weighted by molar-refractivity contribution is -0.379. The molecule has 0 atom stereocenters. The van der Waals surface area contributed by atoms with Crippen molar-refractivity contribution in [3.8, 4) is 0 Å². The number of hydrogen-bond donors (Lipinski definition) is 2. The molecule has 0 fully saturated rings. The van der Waals surface area contributed by atoms with Gasteiger partial charge in [0.2, 0.25) is 0 Å². The molecule has 0 bridgehead atoms. The van der Waals surface area contributed by atoms with E-state index in [1.165, 1.54) is 4.68 Å². The second-order valence-electron chi connectivity index (χ2n) is 3.77. The van der Waals surface area contributed by atoms with Gasteiger partial charge >= 0.3 is 0 Å². The van der Waals surface area contributed by atoms with Gasteiger partial charge in [-0.05, 0) is 31.2 Å². The smallest absolute Gasteiger partial charge is 0.161 e. The Bertz CT molecular complexity index is 478. The van der Waals surface area contributed by atoms with Gasteiger partial charge in [-0.15, -0.1) is 5.10 Å². The molecule has 0 saturated carbocycles. The Hall–Kier alpha value is -1.50. The van der Waals surface area contributed by atoms with Crippen LogP contribution in [0, 0.1) is 0 Å². The fourth-order valence-electron chi connectivity index (χ4n) is 1.36. The van der Waals surface area contributed by atoms with E-state index in [-0.39, 0.29) is 5.23 Å². The fourth-order valence-corrected chi connectivity index (χ4v) is 1.36. The minimum atomic E-state index is -1.06. The zero-order valence-corrected chi connectivity index (χ0v) is 8.49.